The Balaban J connectivity index is 2.09. The molecule has 0 fully saturated rings. The van der Waals surface area contributed by atoms with Crippen molar-refractivity contribution in [1.29, 1.82) is 0 Å². The van der Waals surface area contributed by atoms with E-state index in [1.54, 1.807) is 23.9 Å². The number of nitrogens with zero attached hydrogens (tertiary/aromatic N) is 2. The summed E-state index contributed by atoms with van der Waals surface area (Å²) in [5.41, 5.74) is -0.603. The van der Waals surface area contributed by atoms with Crippen LogP contribution in [0.1, 0.15) is 22.3 Å². The number of carbonyl (C=O) groups excluding carboxylic acids is 1. The Kier molecular flexibility index (Phi) is 5.74. The van der Waals surface area contributed by atoms with E-state index in [1.165, 1.54) is 7.05 Å². The number of rotatable bonds is 6. The Bertz CT molecular complexity index is 679. The highest BCUT2D eigenvalue weighted by Crippen LogP contribution is 2.34. The molecule has 23 heavy (non-hydrogen) atoms. The molecule has 0 saturated heterocycles. The Morgan fingerprint density at radius 2 is 2.17 bits per heavy atom. The second kappa shape index (κ2) is 7.39. The van der Waals surface area contributed by atoms with Crippen molar-refractivity contribution in [2.24, 2.45) is 7.05 Å². The summed E-state index contributed by atoms with van der Waals surface area (Å²) in [6.07, 6.45) is -4.45. The maximum absolute atomic E-state index is 12.8. The number of amides is 1. The second-order valence-corrected chi connectivity index (χ2v) is 7.13. The molecule has 2 heterocycles. The summed E-state index contributed by atoms with van der Waals surface area (Å²) in [6, 6.07) is 4.21. The molecule has 0 unspecified atom stereocenters. The lowest BCUT2D eigenvalue weighted by molar-refractivity contribution is -0.143. The Labute approximate surface area is 140 Å². The molecule has 0 aliphatic carbocycles. The third-order valence-corrected chi connectivity index (χ3v) is 5.00. The first-order valence-corrected chi connectivity index (χ1v) is 8.87. The summed E-state index contributed by atoms with van der Waals surface area (Å²) in [5, 5.41) is 6.66. The molecule has 0 radical (unpaired) electrons. The van der Waals surface area contributed by atoms with Crippen molar-refractivity contribution in [2.45, 2.75) is 13.1 Å². The van der Waals surface area contributed by atoms with E-state index in [0.29, 0.717) is 16.3 Å². The number of alkyl halides is 3. The predicted molar refractivity (Wildman–Crippen MR) is 86.9 cm³/mol. The number of hydrogen-bond donors (Lipinski definition) is 1. The molecule has 0 spiro atoms. The standard InChI is InChI=1S/C14H16F3N3OS2/c1-3-22-7-6-18-13(21)11-5-4-10(23-11)9-8-12(14(15,16)17)20(2)19-9/h4-5,8H,3,6-7H2,1-2H3,(H,18,21). The molecular formula is C14H16F3N3OS2. The van der Waals surface area contributed by atoms with Gasteiger partial charge in [-0.2, -0.15) is 30.0 Å². The van der Waals surface area contributed by atoms with Gasteiger partial charge in [-0.15, -0.1) is 11.3 Å². The lowest BCUT2D eigenvalue weighted by Gasteiger charge is -2.04. The first kappa shape index (κ1) is 17.9. The van der Waals surface area contributed by atoms with E-state index in [1.807, 2.05) is 6.92 Å². The third kappa shape index (κ3) is 4.51. The zero-order valence-corrected chi connectivity index (χ0v) is 14.2. The van der Waals surface area contributed by atoms with E-state index in [0.717, 1.165) is 33.6 Å². The highest BCUT2D eigenvalue weighted by Gasteiger charge is 2.35. The molecule has 2 aromatic heterocycles. The smallest absolute Gasteiger partial charge is 0.351 e. The van der Waals surface area contributed by atoms with Crippen molar-refractivity contribution in [3.8, 4) is 10.6 Å². The van der Waals surface area contributed by atoms with Crippen LogP contribution >= 0.6 is 23.1 Å². The van der Waals surface area contributed by atoms with Gasteiger partial charge >= 0.3 is 6.18 Å². The molecule has 1 N–H and O–H groups in total. The van der Waals surface area contributed by atoms with E-state index in [9.17, 15) is 18.0 Å². The fourth-order valence-corrected chi connectivity index (χ4v) is 3.33. The summed E-state index contributed by atoms with van der Waals surface area (Å²) in [5.74, 6) is 1.60. The lowest BCUT2D eigenvalue weighted by atomic mass is 10.3. The number of aryl methyl sites for hydroxylation is 1. The van der Waals surface area contributed by atoms with Gasteiger partial charge in [-0.1, -0.05) is 6.92 Å². The van der Waals surface area contributed by atoms with Crippen LogP contribution in [-0.4, -0.2) is 33.7 Å². The minimum Gasteiger partial charge on any atom is -0.351 e. The van der Waals surface area contributed by atoms with Gasteiger partial charge in [-0.25, -0.2) is 0 Å². The molecule has 4 nitrogen and oxygen atoms in total. The number of thiophene rings is 1. The molecule has 2 rings (SSSR count). The van der Waals surface area contributed by atoms with Gasteiger partial charge in [-0.3, -0.25) is 9.48 Å². The highest BCUT2D eigenvalue weighted by atomic mass is 32.2. The second-order valence-electron chi connectivity index (χ2n) is 4.65. The average molecular weight is 363 g/mol. The van der Waals surface area contributed by atoms with Crippen molar-refractivity contribution in [3.05, 3.63) is 28.8 Å². The topological polar surface area (TPSA) is 46.9 Å². The summed E-state index contributed by atoms with van der Waals surface area (Å²) >= 11 is 2.85. The van der Waals surface area contributed by atoms with Crippen LogP contribution in [0.5, 0.6) is 0 Å². The Morgan fingerprint density at radius 1 is 1.43 bits per heavy atom. The van der Waals surface area contributed by atoms with Crippen LogP contribution in [0.4, 0.5) is 13.2 Å². The van der Waals surface area contributed by atoms with Gasteiger partial charge in [0.1, 0.15) is 11.4 Å². The van der Waals surface area contributed by atoms with E-state index >= 15 is 0 Å². The first-order chi connectivity index (χ1) is 10.8. The molecule has 9 heteroatoms. The molecule has 1 amide bonds. The zero-order chi connectivity index (χ0) is 17.0. The van der Waals surface area contributed by atoms with Gasteiger partial charge in [0.25, 0.3) is 5.91 Å². The Hall–Kier alpha value is -1.48. The van der Waals surface area contributed by atoms with Gasteiger partial charge < -0.3 is 5.32 Å². The number of hydrogen-bond acceptors (Lipinski definition) is 4. The highest BCUT2D eigenvalue weighted by molar-refractivity contribution is 7.99. The summed E-state index contributed by atoms with van der Waals surface area (Å²) in [4.78, 5) is 13.0. The maximum Gasteiger partial charge on any atom is 0.433 e. The molecule has 0 bridgehead atoms. The summed E-state index contributed by atoms with van der Waals surface area (Å²) in [7, 11) is 1.25. The van der Waals surface area contributed by atoms with Gasteiger partial charge in [0.05, 0.1) is 9.75 Å². The van der Waals surface area contributed by atoms with Crippen molar-refractivity contribution >= 4 is 29.0 Å². The van der Waals surface area contributed by atoms with Crippen molar-refractivity contribution < 1.29 is 18.0 Å². The molecule has 2 aromatic rings. The van der Waals surface area contributed by atoms with Crippen LogP contribution in [0.15, 0.2) is 18.2 Å². The number of carbonyl (C=O) groups is 1. The minimum absolute atomic E-state index is 0.213. The van der Waals surface area contributed by atoms with Crippen LogP contribution in [0.25, 0.3) is 10.6 Å². The molecule has 0 aliphatic rings. The Morgan fingerprint density at radius 3 is 2.78 bits per heavy atom. The molecule has 0 atom stereocenters. The monoisotopic (exact) mass is 363 g/mol. The number of halogens is 3. The SMILES string of the molecule is CCSCCNC(=O)c1ccc(-c2cc(C(F)(F)F)n(C)n2)s1. The summed E-state index contributed by atoms with van der Waals surface area (Å²) in [6.45, 7) is 2.60. The first-order valence-electron chi connectivity index (χ1n) is 6.90. The lowest BCUT2D eigenvalue weighted by Crippen LogP contribution is -2.24. The average Bonchev–Trinajstić information content (AvgIpc) is 3.09. The van der Waals surface area contributed by atoms with Crippen LogP contribution in [0.2, 0.25) is 0 Å². The molecule has 126 valence electrons. The van der Waals surface area contributed by atoms with Crippen LogP contribution in [-0.2, 0) is 13.2 Å². The normalized spacial score (nSPS) is 11.7. The third-order valence-electron chi connectivity index (χ3n) is 2.99. The van der Waals surface area contributed by atoms with Crippen LogP contribution < -0.4 is 5.32 Å². The zero-order valence-electron chi connectivity index (χ0n) is 12.6. The van der Waals surface area contributed by atoms with Gasteiger partial charge in [0.15, 0.2) is 0 Å². The van der Waals surface area contributed by atoms with E-state index in [2.05, 4.69) is 10.4 Å². The van der Waals surface area contributed by atoms with Crippen LogP contribution in [0, 0.1) is 0 Å². The maximum atomic E-state index is 12.8. The fraction of sp³-hybridized carbons (Fsp3) is 0.429. The van der Waals surface area contributed by atoms with Crippen LogP contribution in [0.3, 0.4) is 0 Å². The van der Waals surface area contributed by atoms with E-state index in [-0.39, 0.29) is 11.6 Å². The van der Waals surface area contributed by atoms with Gasteiger partial charge in [-0.05, 0) is 24.0 Å². The fourth-order valence-electron chi connectivity index (χ4n) is 1.92. The quantitative estimate of drug-likeness (QED) is 0.797. The predicted octanol–water partition coefficient (Wildman–Crippen LogP) is 3.65. The van der Waals surface area contributed by atoms with Crippen molar-refractivity contribution in [1.82, 2.24) is 15.1 Å². The molecular weight excluding hydrogens is 347 g/mol. The summed E-state index contributed by atoms with van der Waals surface area (Å²) < 4.78 is 39.2. The van der Waals surface area contributed by atoms with E-state index in [4.69, 9.17) is 0 Å². The van der Waals surface area contributed by atoms with Crippen molar-refractivity contribution in [2.75, 3.05) is 18.1 Å². The number of thioether (sulfide) groups is 1. The molecule has 0 saturated carbocycles. The van der Waals surface area contributed by atoms with Crippen molar-refractivity contribution in [3.63, 3.8) is 0 Å². The number of aromatic nitrogens is 2. The van der Waals surface area contributed by atoms with E-state index < -0.39 is 11.9 Å². The van der Waals surface area contributed by atoms with Gasteiger partial charge in [0.2, 0.25) is 0 Å². The molecule has 0 aliphatic heterocycles. The minimum atomic E-state index is -4.45. The molecule has 0 aromatic carbocycles. The largest absolute Gasteiger partial charge is 0.433 e. The number of nitrogens with one attached hydrogen (secondary N) is 1. The van der Waals surface area contributed by atoms with Gasteiger partial charge in [0, 0.05) is 19.3 Å².